The van der Waals surface area contributed by atoms with E-state index in [9.17, 15) is 13.2 Å². The highest BCUT2D eigenvalue weighted by molar-refractivity contribution is 7.89. The lowest BCUT2D eigenvalue weighted by Crippen LogP contribution is -2.37. The van der Waals surface area contributed by atoms with Gasteiger partial charge in [0.25, 0.3) is 0 Å². The number of methoxy groups -OCH3 is 1. The molecule has 0 spiro atoms. The molecule has 134 valence electrons. The van der Waals surface area contributed by atoms with Gasteiger partial charge in [0.15, 0.2) is 0 Å². The first-order valence-electron chi connectivity index (χ1n) is 7.82. The molecule has 2 rings (SSSR count). The van der Waals surface area contributed by atoms with Crippen LogP contribution in [0.4, 0.5) is 5.69 Å². The Morgan fingerprint density at radius 1 is 1.12 bits per heavy atom. The summed E-state index contributed by atoms with van der Waals surface area (Å²) in [5, 5.41) is 0. The highest BCUT2D eigenvalue weighted by Gasteiger charge is 2.17. The fourth-order valence-electron chi connectivity index (χ4n) is 2.46. The SMILES string of the molecule is COc1ccc(N(CCNS(=O)(=O)c2ccccc2C)C(C)=O)cc1. The minimum atomic E-state index is -3.61. The van der Waals surface area contributed by atoms with Gasteiger partial charge in [-0.25, -0.2) is 13.1 Å². The average Bonchev–Trinajstić information content (AvgIpc) is 2.59. The maximum Gasteiger partial charge on any atom is 0.240 e. The van der Waals surface area contributed by atoms with Crippen LogP contribution in [0.25, 0.3) is 0 Å². The van der Waals surface area contributed by atoms with Gasteiger partial charge in [-0.2, -0.15) is 0 Å². The second kappa shape index (κ2) is 8.13. The third-order valence-corrected chi connectivity index (χ3v) is 5.40. The zero-order valence-electron chi connectivity index (χ0n) is 14.5. The Labute approximate surface area is 148 Å². The van der Waals surface area contributed by atoms with E-state index in [-0.39, 0.29) is 23.9 Å². The third-order valence-electron chi connectivity index (χ3n) is 3.77. The number of nitrogens with zero attached hydrogens (tertiary/aromatic N) is 1. The molecule has 0 atom stereocenters. The Bertz CT molecular complexity index is 832. The number of ether oxygens (including phenoxy) is 1. The molecule has 0 fully saturated rings. The number of carbonyl (C=O) groups excluding carboxylic acids is 1. The normalized spacial score (nSPS) is 11.2. The van der Waals surface area contributed by atoms with Crippen LogP contribution in [-0.4, -0.2) is 34.5 Å². The Morgan fingerprint density at radius 3 is 2.32 bits per heavy atom. The number of anilines is 1. The van der Waals surface area contributed by atoms with Crippen LogP contribution in [0.3, 0.4) is 0 Å². The summed E-state index contributed by atoms with van der Waals surface area (Å²) in [4.78, 5) is 13.7. The zero-order chi connectivity index (χ0) is 18.4. The van der Waals surface area contributed by atoms with Crippen molar-refractivity contribution in [3.8, 4) is 5.75 Å². The Morgan fingerprint density at radius 2 is 1.76 bits per heavy atom. The van der Waals surface area contributed by atoms with Crippen LogP contribution in [-0.2, 0) is 14.8 Å². The summed E-state index contributed by atoms with van der Waals surface area (Å²) in [6, 6.07) is 13.8. The number of sulfonamides is 1. The van der Waals surface area contributed by atoms with Crippen LogP contribution in [0.5, 0.6) is 5.75 Å². The van der Waals surface area contributed by atoms with Gasteiger partial charge in [0.2, 0.25) is 15.9 Å². The number of carbonyl (C=O) groups is 1. The molecule has 0 saturated heterocycles. The number of hydrogen-bond donors (Lipinski definition) is 1. The maximum atomic E-state index is 12.4. The number of benzene rings is 2. The molecule has 6 nitrogen and oxygen atoms in total. The lowest BCUT2D eigenvalue weighted by atomic mass is 10.2. The van der Waals surface area contributed by atoms with Gasteiger partial charge >= 0.3 is 0 Å². The van der Waals surface area contributed by atoms with Crippen molar-refractivity contribution in [3.63, 3.8) is 0 Å². The Hall–Kier alpha value is -2.38. The molecular weight excluding hydrogens is 340 g/mol. The largest absolute Gasteiger partial charge is 0.497 e. The second-order valence-corrected chi connectivity index (χ2v) is 7.27. The second-order valence-electron chi connectivity index (χ2n) is 5.53. The van der Waals surface area contributed by atoms with Crippen molar-refractivity contribution < 1.29 is 17.9 Å². The lowest BCUT2D eigenvalue weighted by molar-refractivity contribution is -0.116. The standard InChI is InChI=1S/C18H22N2O4S/c1-14-6-4-5-7-18(14)25(22,23)19-12-13-20(15(2)21)16-8-10-17(24-3)11-9-16/h4-11,19H,12-13H2,1-3H3. The summed E-state index contributed by atoms with van der Waals surface area (Å²) >= 11 is 0. The first-order valence-corrected chi connectivity index (χ1v) is 9.31. The van der Waals surface area contributed by atoms with Crippen LogP contribution in [0.2, 0.25) is 0 Å². The number of nitrogens with one attached hydrogen (secondary N) is 1. The molecule has 25 heavy (non-hydrogen) atoms. The van der Waals surface area contributed by atoms with E-state index in [2.05, 4.69) is 4.72 Å². The minimum absolute atomic E-state index is 0.113. The Balaban J connectivity index is 2.06. The zero-order valence-corrected chi connectivity index (χ0v) is 15.3. The monoisotopic (exact) mass is 362 g/mol. The lowest BCUT2D eigenvalue weighted by Gasteiger charge is -2.21. The third kappa shape index (κ3) is 4.80. The summed E-state index contributed by atoms with van der Waals surface area (Å²) in [6.07, 6.45) is 0. The summed E-state index contributed by atoms with van der Waals surface area (Å²) in [6.45, 7) is 3.53. The van der Waals surface area contributed by atoms with Crippen molar-refractivity contribution in [1.29, 1.82) is 0 Å². The number of amides is 1. The summed E-state index contributed by atoms with van der Waals surface area (Å²) in [5.74, 6) is 0.521. The van der Waals surface area contributed by atoms with Gasteiger partial charge in [0, 0.05) is 25.7 Å². The van der Waals surface area contributed by atoms with Crippen LogP contribution >= 0.6 is 0 Å². The molecule has 0 unspecified atom stereocenters. The molecule has 7 heteroatoms. The van der Waals surface area contributed by atoms with Crippen LogP contribution < -0.4 is 14.4 Å². The summed E-state index contributed by atoms with van der Waals surface area (Å²) in [5.41, 5.74) is 1.36. The predicted molar refractivity (Wildman–Crippen MR) is 97.4 cm³/mol. The molecule has 0 bridgehead atoms. The van der Waals surface area contributed by atoms with E-state index in [1.807, 2.05) is 0 Å². The van der Waals surface area contributed by atoms with E-state index in [4.69, 9.17) is 4.74 Å². The van der Waals surface area contributed by atoms with Crippen molar-refractivity contribution in [1.82, 2.24) is 4.72 Å². The fraction of sp³-hybridized carbons (Fsp3) is 0.278. The molecule has 0 aliphatic rings. The van der Waals surface area contributed by atoms with E-state index in [1.54, 1.807) is 62.6 Å². The summed E-state index contributed by atoms with van der Waals surface area (Å²) in [7, 11) is -2.05. The fourth-order valence-corrected chi connectivity index (χ4v) is 3.72. The molecule has 1 amide bonds. The highest BCUT2D eigenvalue weighted by Crippen LogP contribution is 2.19. The topological polar surface area (TPSA) is 75.7 Å². The van der Waals surface area contributed by atoms with Gasteiger partial charge in [0.1, 0.15) is 5.75 Å². The molecule has 0 radical (unpaired) electrons. The number of rotatable bonds is 7. The molecule has 2 aromatic carbocycles. The molecule has 0 saturated carbocycles. The van der Waals surface area contributed by atoms with Gasteiger partial charge in [0.05, 0.1) is 12.0 Å². The maximum absolute atomic E-state index is 12.4. The van der Waals surface area contributed by atoms with Gasteiger partial charge in [-0.1, -0.05) is 18.2 Å². The van der Waals surface area contributed by atoms with E-state index >= 15 is 0 Å². The number of hydrogen-bond acceptors (Lipinski definition) is 4. The highest BCUT2D eigenvalue weighted by atomic mass is 32.2. The molecule has 0 aliphatic heterocycles. The van der Waals surface area contributed by atoms with E-state index in [0.29, 0.717) is 17.0 Å². The van der Waals surface area contributed by atoms with E-state index in [1.165, 1.54) is 11.8 Å². The first-order chi connectivity index (χ1) is 11.8. The van der Waals surface area contributed by atoms with Crippen molar-refractivity contribution in [2.75, 3.05) is 25.1 Å². The molecular formula is C18H22N2O4S. The van der Waals surface area contributed by atoms with Crippen LogP contribution in [0, 0.1) is 6.92 Å². The van der Waals surface area contributed by atoms with Crippen molar-refractivity contribution in [3.05, 3.63) is 54.1 Å². The molecule has 0 heterocycles. The van der Waals surface area contributed by atoms with Gasteiger partial charge in [-0.3, -0.25) is 4.79 Å². The van der Waals surface area contributed by atoms with Crippen molar-refractivity contribution in [2.24, 2.45) is 0 Å². The first kappa shape index (κ1) is 19.0. The van der Waals surface area contributed by atoms with Gasteiger partial charge < -0.3 is 9.64 Å². The smallest absolute Gasteiger partial charge is 0.240 e. The summed E-state index contributed by atoms with van der Waals surface area (Å²) < 4.78 is 32.4. The van der Waals surface area contributed by atoms with Gasteiger partial charge in [-0.15, -0.1) is 0 Å². The quantitative estimate of drug-likeness (QED) is 0.820. The minimum Gasteiger partial charge on any atom is -0.497 e. The number of aryl methyl sites for hydroxylation is 1. The predicted octanol–water partition coefficient (Wildman–Crippen LogP) is 2.34. The molecule has 2 aromatic rings. The van der Waals surface area contributed by atoms with Crippen molar-refractivity contribution >= 4 is 21.6 Å². The molecule has 0 aliphatic carbocycles. The van der Waals surface area contributed by atoms with Crippen molar-refractivity contribution in [2.45, 2.75) is 18.7 Å². The van der Waals surface area contributed by atoms with E-state index in [0.717, 1.165) is 0 Å². The van der Waals surface area contributed by atoms with E-state index < -0.39 is 10.0 Å². The Kier molecular flexibility index (Phi) is 6.17. The average molecular weight is 362 g/mol. The van der Waals surface area contributed by atoms with Gasteiger partial charge in [-0.05, 0) is 42.8 Å². The molecule has 1 N–H and O–H groups in total. The van der Waals surface area contributed by atoms with Crippen LogP contribution in [0.1, 0.15) is 12.5 Å². The molecule has 0 aromatic heterocycles. The van der Waals surface area contributed by atoms with Crippen LogP contribution in [0.15, 0.2) is 53.4 Å².